The number of carbonyl (C=O) groups is 1. The average molecular weight is 293 g/mol. The van der Waals surface area contributed by atoms with Crippen molar-refractivity contribution >= 4 is 11.8 Å². The van der Waals surface area contributed by atoms with Gasteiger partial charge in [-0.05, 0) is 20.8 Å². The van der Waals surface area contributed by atoms with E-state index in [1.54, 1.807) is 6.92 Å². The molecule has 0 aliphatic heterocycles. The topological polar surface area (TPSA) is 84.3 Å². The molecule has 0 aromatic carbocycles. The number of carboxylic acid groups (broad SMARTS) is 1. The number of anilines is 1. The van der Waals surface area contributed by atoms with Crippen LogP contribution in [0.15, 0.2) is 6.07 Å². The summed E-state index contributed by atoms with van der Waals surface area (Å²) in [6.45, 7) is 3.93. The zero-order chi connectivity index (χ0) is 15.6. The van der Waals surface area contributed by atoms with Crippen molar-refractivity contribution in [3.63, 3.8) is 0 Å². The van der Waals surface area contributed by atoms with Crippen LogP contribution in [-0.2, 0) is 4.79 Å². The lowest BCUT2D eigenvalue weighted by molar-refractivity contribution is -0.193. The highest BCUT2D eigenvalue weighted by atomic mass is 19.4. The summed E-state index contributed by atoms with van der Waals surface area (Å²) in [4.78, 5) is 18.5. The first-order valence-corrected chi connectivity index (χ1v) is 5.67. The summed E-state index contributed by atoms with van der Waals surface area (Å²) in [5, 5.41) is 10.7. The number of nitrogens with one attached hydrogen (secondary N) is 1. The molecule has 1 rings (SSSR count). The second-order valence-electron chi connectivity index (χ2n) is 4.12. The van der Waals surface area contributed by atoms with E-state index in [-0.39, 0.29) is 24.1 Å². The van der Waals surface area contributed by atoms with Crippen LogP contribution in [-0.4, -0.2) is 39.4 Å². The summed E-state index contributed by atoms with van der Waals surface area (Å²) in [7, 11) is 0. The van der Waals surface area contributed by atoms with Gasteiger partial charge in [0.05, 0.1) is 6.61 Å². The van der Waals surface area contributed by atoms with Crippen LogP contribution < -0.4 is 10.1 Å². The number of hydrogen-bond donors (Lipinski definition) is 2. The first-order valence-electron chi connectivity index (χ1n) is 5.67. The van der Waals surface area contributed by atoms with E-state index in [4.69, 9.17) is 9.84 Å². The Kier molecular flexibility index (Phi) is 4.41. The van der Waals surface area contributed by atoms with Crippen LogP contribution in [0.1, 0.15) is 19.7 Å². The Balaban J connectivity index is 3.15. The number of halogens is 3. The van der Waals surface area contributed by atoms with Gasteiger partial charge in [-0.1, -0.05) is 0 Å². The van der Waals surface area contributed by atoms with Crippen LogP contribution in [0.3, 0.4) is 0 Å². The molecule has 6 nitrogen and oxygen atoms in total. The van der Waals surface area contributed by atoms with E-state index >= 15 is 0 Å². The van der Waals surface area contributed by atoms with Crippen LogP contribution in [0.4, 0.5) is 19.0 Å². The Hall–Kier alpha value is -2.06. The van der Waals surface area contributed by atoms with Gasteiger partial charge >= 0.3 is 12.1 Å². The van der Waals surface area contributed by atoms with Gasteiger partial charge in [-0.2, -0.15) is 18.2 Å². The minimum absolute atomic E-state index is 0.0670. The van der Waals surface area contributed by atoms with E-state index in [1.807, 2.05) is 5.32 Å². The van der Waals surface area contributed by atoms with Crippen molar-refractivity contribution in [3.8, 4) is 5.88 Å². The van der Waals surface area contributed by atoms with Crippen LogP contribution in [0.25, 0.3) is 0 Å². The Bertz CT molecular complexity index is 507. The van der Waals surface area contributed by atoms with Gasteiger partial charge in [0.2, 0.25) is 11.4 Å². The molecule has 0 amide bonds. The van der Waals surface area contributed by atoms with E-state index in [0.29, 0.717) is 6.92 Å². The molecule has 1 atom stereocenters. The molecule has 20 heavy (non-hydrogen) atoms. The minimum atomic E-state index is -5.00. The molecule has 1 aromatic rings. The van der Waals surface area contributed by atoms with Crippen molar-refractivity contribution in [2.24, 2.45) is 0 Å². The molecule has 1 aromatic heterocycles. The zero-order valence-corrected chi connectivity index (χ0v) is 11.1. The van der Waals surface area contributed by atoms with Crippen molar-refractivity contribution in [1.29, 1.82) is 0 Å². The smallest absolute Gasteiger partial charge is 0.422 e. The fourth-order valence-electron chi connectivity index (χ4n) is 1.33. The highest BCUT2D eigenvalue weighted by molar-refractivity contribution is 5.83. The second kappa shape index (κ2) is 5.51. The van der Waals surface area contributed by atoms with Gasteiger partial charge in [0, 0.05) is 6.07 Å². The summed E-state index contributed by atoms with van der Waals surface area (Å²) < 4.78 is 43.7. The Morgan fingerprint density at radius 3 is 2.50 bits per heavy atom. The van der Waals surface area contributed by atoms with E-state index in [0.717, 1.165) is 6.07 Å². The number of aromatic nitrogens is 2. The lowest BCUT2D eigenvalue weighted by atomic mass is 10.0. The molecule has 1 heterocycles. The number of nitrogens with zero attached hydrogens (tertiary/aromatic N) is 2. The Morgan fingerprint density at radius 2 is 2.05 bits per heavy atom. The van der Waals surface area contributed by atoms with Gasteiger partial charge in [-0.15, -0.1) is 0 Å². The molecule has 9 heteroatoms. The van der Waals surface area contributed by atoms with Gasteiger partial charge in [0.15, 0.2) is 0 Å². The number of carboxylic acids is 1. The monoisotopic (exact) mass is 293 g/mol. The average Bonchev–Trinajstić information content (AvgIpc) is 2.26. The second-order valence-corrected chi connectivity index (χ2v) is 4.12. The van der Waals surface area contributed by atoms with Crippen molar-refractivity contribution in [3.05, 3.63) is 11.9 Å². The number of aryl methyl sites for hydroxylation is 1. The van der Waals surface area contributed by atoms with E-state index < -0.39 is 17.7 Å². The predicted molar refractivity (Wildman–Crippen MR) is 63.7 cm³/mol. The predicted octanol–water partition coefficient (Wildman–Crippen LogP) is 2.00. The summed E-state index contributed by atoms with van der Waals surface area (Å²) in [5.74, 6) is -2.10. The number of hydrogen-bond acceptors (Lipinski definition) is 5. The molecule has 1 unspecified atom stereocenters. The fourth-order valence-corrected chi connectivity index (χ4v) is 1.33. The first kappa shape index (κ1) is 16.0. The first-order chi connectivity index (χ1) is 9.10. The maximum atomic E-state index is 12.9. The van der Waals surface area contributed by atoms with Gasteiger partial charge in [0.1, 0.15) is 11.6 Å². The molecule has 112 valence electrons. The molecule has 0 spiro atoms. The molecule has 0 radical (unpaired) electrons. The van der Waals surface area contributed by atoms with E-state index in [2.05, 4.69) is 9.97 Å². The minimum Gasteiger partial charge on any atom is -0.479 e. The van der Waals surface area contributed by atoms with Crippen molar-refractivity contribution in [2.45, 2.75) is 32.5 Å². The lowest BCUT2D eigenvalue weighted by Crippen LogP contribution is -2.55. The largest absolute Gasteiger partial charge is 0.479 e. The van der Waals surface area contributed by atoms with Crippen LogP contribution in [0.5, 0.6) is 5.88 Å². The van der Waals surface area contributed by atoms with Crippen LogP contribution >= 0.6 is 0 Å². The normalized spacial score (nSPS) is 14.5. The number of ether oxygens (including phenoxy) is 1. The summed E-state index contributed by atoms with van der Waals surface area (Å²) in [6, 6.07) is 1.11. The van der Waals surface area contributed by atoms with Crippen molar-refractivity contribution < 1.29 is 27.8 Å². The van der Waals surface area contributed by atoms with Crippen molar-refractivity contribution in [2.75, 3.05) is 11.9 Å². The fraction of sp³-hybridized carbons (Fsp3) is 0.545. The Labute approximate surface area is 113 Å². The molecule has 0 bridgehead atoms. The molecule has 0 saturated carbocycles. The molecule has 0 aliphatic carbocycles. The highest BCUT2D eigenvalue weighted by Gasteiger charge is 2.57. The molecule has 0 saturated heterocycles. The molecular formula is C11H14F3N3O3. The van der Waals surface area contributed by atoms with Crippen molar-refractivity contribution in [1.82, 2.24) is 9.97 Å². The number of alkyl halides is 3. The molecular weight excluding hydrogens is 279 g/mol. The third kappa shape index (κ3) is 3.28. The SMILES string of the molecule is CCOc1cc(NC(C)(C(=O)O)C(F)(F)F)nc(C)n1. The molecule has 0 aliphatic rings. The van der Waals surface area contributed by atoms with Gasteiger partial charge in [0.25, 0.3) is 0 Å². The van der Waals surface area contributed by atoms with Crippen LogP contribution in [0.2, 0.25) is 0 Å². The van der Waals surface area contributed by atoms with Gasteiger partial charge < -0.3 is 15.2 Å². The standard InChI is InChI=1S/C11H14F3N3O3/c1-4-20-8-5-7(15-6(2)16-8)17-10(3,9(18)19)11(12,13)14/h5H,4H2,1-3H3,(H,18,19)(H,15,16,17). The third-order valence-corrected chi connectivity index (χ3v) is 2.48. The van der Waals surface area contributed by atoms with E-state index in [9.17, 15) is 18.0 Å². The maximum Gasteiger partial charge on any atom is 0.422 e. The molecule has 2 N–H and O–H groups in total. The zero-order valence-electron chi connectivity index (χ0n) is 11.1. The molecule has 0 fully saturated rings. The number of aliphatic carboxylic acids is 1. The van der Waals surface area contributed by atoms with Crippen LogP contribution in [0, 0.1) is 6.92 Å². The van der Waals surface area contributed by atoms with E-state index in [1.165, 1.54) is 6.92 Å². The number of rotatable bonds is 5. The summed E-state index contributed by atoms with van der Waals surface area (Å²) >= 11 is 0. The van der Waals surface area contributed by atoms with Gasteiger partial charge in [-0.25, -0.2) is 9.78 Å². The quantitative estimate of drug-likeness (QED) is 0.863. The maximum absolute atomic E-state index is 12.9. The van der Waals surface area contributed by atoms with Gasteiger partial charge in [-0.3, -0.25) is 0 Å². The Morgan fingerprint density at radius 1 is 1.45 bits per heavy atom. The third-order valence-electron chi connectivity index (χ3n) is 2.48. The summed E-state index contributed by atoms with van der Waals surface area (Å²) in [5.41, 5.74) is -3.16. The summed E-state index contributed by atoms with van der Waals surface area (Å²) in [6.07, 6.45) is -5.00. The lowest BCUT2D eigenvalue weighted by Gasteiger charge is -2.29. The highest BCUT2D eigenvalue weighted by Crippen LogP contribution is 2.33.